The maximum atomic E-state index is 13.5. The van der Waals surface area contributed by atoms with Crippen molar-refractivity contribution >= 4 is 15.7 Å². The highest BCUT2D eigenvalue weighted by molar-refractivity contribution is 7.89. The Hall–Kier alpha value is -1.93. The van der Waals surface area contributed by atoms with E-state index in [1.165, 1.54) is 13.8 Å². The molecule has 0 saturated carbocycles. The first kappa shape index (κ1) is 15.5. The zero-order valence-corrected chi connectivity index (χ0v) is 12.7. The lowest BCUT2D eigenvalue weighted by Crippen LogP contribution is -2.25. The summed E-state index contributed by atoms with van der Waals surface area (Å²) >= 11 is 0. The van der Waals surface area contributed by atoms with Gasteiger partial charge in [0.1, 0.15) is 5.82 Å². The Bertz CT molecular complexity index is 784. The summed E-state index contributed by atoms with van der Waals surface area (Å²) in [7, 11) is -3.83. The number of rotatable bonds is 4. The Balaban J connectivity index is 2.34. The van der Waals surface area contributed by atoms with Crippen LogP contribution < -0.4 is 10.5 Å². The molecule has 0 spiro atoms. The first-order chi connectivity index (χ1) is 9.72. The first-order valence-corrected chi connectivity index (χ1v) is 7.67. The van der Waals surface area contributed by atoms with Gasteiger partial charge < -0.3 is 10.3 Å². The maximum absolute atomic E-state index is 13.5. The van der Waals surface area contributed by atoms with Crippen molar-refractivity contribution in [2.75, 3.05) is 5.73 Å². The summed E-state index contributed by atoms with van der Waals surface area (Å²) in [6, 6.07) is 2.73. The molecule has 0 aliphatic carbocycles. The van der Waals surface area contributed by atoms with E-state index in [0.29, 0.717) is 17.0 Å². The van der Waals surface area contributed by atoms with E-state index in [4.69, 9.17) is 10.3 Å². The molecule has 21 heavy (non-hydrogen) atoms. The van der Waals surface area contributed by atoms with Gasteiger partial charge in [0.15, 0.2) is 5.76 Å². The van der Waals surface area contributed by atoms with Gasteiger partial charge in [-0.2, -0.15) is 0 Å². The number of nitrogens with two attached hydrogens (primary N) is 1. The van der Waals surface area contributed by atoms with Gasteiger partial charge in [0, 0.05) is 6.07 Å². The molecule has 1 heterocycles. The number of hydrogen-bond acceptors (Lipinski definition) is 5. The standard InChI is InChI=1S/C13H16FN3O3S/c1-7-4-11(14)12(15)9(3)13(7)21(18,19)16-6-10-5-8(2)17-20-10/h4-5,16H,6,15H2,1-3H3. The van der Waals surface area contributed by atoms with Crippen LogP contribution in [0.2, 0.25) is 0 Å². The minimum Gasteiger partial charge on any atom is -0.396 e. The molecule has 2 rings (SSSR count). The van der Waals surface area contributed by atoms with E-state index in [2.05, 4.69) is 9.88 Å². The van der Waals surface area contributed by atoms with E-state index < -0.39 is 15.8 Å². The molecule has 6 nitrogen and oxygen atoms in total. The van der Waals surface area contributed by atoms with Crippen LogP contribution in [0, 0.1) is 26.6 Å². The van der Waals surface area contributed by atoms with E-state index in [-0.39, 0.29) is 22.7 Å². The third-order valence-corrected chi connectivity index (χ3v) is 4.78. The number of nitrogen functional groups attached to an aromatic ring is 1. The number of halogens is 1. The van der Waals surface area contributed by atoms with E-state index in [1.54, 1.807) is 13.0 Å². The first-order valence-electron chi connectivity index (χ1n) is 6.19. The van der Waals surface area contributed by atoms with Crippen molar-refractivity contribution in [1.82, 2.24) is 9.88 Å². The maximum Gasteiger partial charge on any atom is 0.241 e. The van der Waals surface area contributed by atoms with Crippen LogP contribution in [0.25, 0.3) is 0 Å². The Morgan fingerprint density at radius 3 is 2.57 bits per heavy atom. The molecule has 0 aliphatic heterocycles. The van der Waals surface area contributed by atoms with Crippen molar-refractivity contribution in [1.29, 1.82) is 0 Å². The molecule has 0 amide bonds. The van der Waals surface area contributed by atoms with E-state index in [1.807, 2.05) is 0 Å². The van der Waals surface area contributed by atoms with Crippen LogP contribution in [0.3, 0.4) is 0 Å². The van der Waals surface area contributed by atoms with Gasteiger partial charge in [-0.1, -0.05) is 5.16 Å². The molecule has 8 heteroatoms. The number of nitrogens with one attached hydrogen (secondary N) is 1. The van der Waals surface area contributed by atoms with Gasteiger partial charge in [0.25, 0.3) is 0 Å². The molecule has 114 valence electrons. The van der Waals surface area contributed by atoms with Crippen LogP contribution >= 0.6 is 0 Å². The monoisotopic (exact) mass is 313 g/mol. The molecule has 0 fully saturated rings. The summed E-state index contributed by atoms with van der Waals surface area (Å²) in [6.07, 6.45) is 0. The lowest BCUT2D eigenvalue weighted by atomic mass is 10.1. The average molecular weight is 313 g/mol. The van der Waals surface area contributed by atoms with E-state index >= 15 is 0 Å². The number of nitrogens with zero attached hydrogens (tertiary/aromatic N) is 1. The third-order valence-electron chi connectivity index (χ3n) is 3.09. The van der Waals surface area contributed by atoms with Gasteiger partial charge in [-0.25, -0.2) is 17.5 Å². The summed E-state index contributed by atoms with van der Waals surface area (Å²) in [5, 5.41) is 3.67. The van der Waals surface area contributed by atoms with Crippen molar-refractivity contribution < 1.29 is 17.3 Å². The fourth-order valence-electron chi connectivity index (χ4n) is 2.08. The van der Waals surface area contributed by atoms with Crippen LogP contribution in [0.5, 0.6) is 0 Å². The SMILES string of the molecule is Cc1cc(CNS(=O)(=O)c2c(C)cc(F)c(N)c2C)on1. The van der Waals surface area contributed by atoms with Gasteiger partial charge in [0.2, 0.25) is 10.0 Å². The predicted octanol–water partition coefficient (Wildman–Crippen LogP) is 1.80. The molecule has 0 saturated heterocycles. The quantitative estimate of drug-likeness (QED) is 0.839. The lowest BCUT2D eigenvalue weighted by molar-refractivity contribution is 0.377. The summed E-state index contributed by atoms with van der Waals surface area (Å²) < 4.78 is 45.6. The van der Waals surface area contributed by atoms with Crippen molar-refractivity contribution in [3.8, 4) is 0 Å². The topological polar surface area (TPSA) is 98.2 Å². The number of anilines is 1. The van der Waals surface area contributed by atoms with Crippen molar-refractivity contribution in [2.24, 2.45) is 0 Å². The van der Waals surface area contributed by atoms with Gasteiger partial charge in [-0.05, 0) is 38.0 Å². The molecular formula is C13H16FN3O3S. The van der Waals surface area contributed by atoms with Crippen LogP contribution in [-0.2, 0) is 16.6 Å². The molecule has 0 atom stereocenters. The summed E-state index contributed by atoms with van der Waals surface area (Å²) in [4.78, 5) is -0.0161. The minimum atomic E-state index is -3.83. The van der Waals surface area contributed by atoms with Gasteiger partial charge in [-0.3, -0.25) is 0 Å². The average Bonchev–Trinajstić information content (AvgIpc) is 2.79. The van der Waals surface area contributed by atoms with Gasteiger partial charge in [-0.15, -0.1) is 0 Å². The summed E-state index contributed by atoms with van der Waals surface area (Å²) in [5.74, 6) is -0.240. The largest absolute Gasteiger partial charge is 0.396 e. The van der Waals surface area contributed by atoms with Crippen molar-refractivity contribution in [3.05, 3.63) is 40.5 Å². The van der Waals surface area contributed by atoms with Crippen LogP contribution in [0.1, 0.15) is 22.6 Å². The highest BCUT2D eigenvalue weighted by Crippen LogP contribution is 2.27. The molecule has 0 radical (unpaired) electrons. The minimum absolute atomic E-state index is 0.0161. The fourth-order valence-corrected chi connectivity index (χ4v) is 3.55. The molecule has 0 aliphatic rings. The predicted molar refractivity (Wildman–Crippen MR) is 75.6 cm³/mol. The Morgan fingerprint density at radius 1 is 1.33 bits per heavy atom. The number of aromatic nitrogens is 1. The highest BCUT2D eigenvalue weighted by Gasteiger charge is 2.23. The number of benzene rings is 1. The van der Waals surface area contributed by atoms with Crippen molar-refractivity contribution in [3.63, 3.8) is 0 Å². The fraction of sp³-hybridized carbons (Fsp3) is 0.308. The molecule has 3 N–H and O–H groups in total. The van der Waals surface area contributed by atoms with Crippen LogP contribution in [-0.4, -0.2) is 13.6 Å². The van der Waals surface area contributed by atoms with Gasteiger partial charge in [0.05, 0.1) is 22.8 Å². The Labute approximate surface area is 122 Å². The van der Waals surface area contributed by atoms with Gasteiger partial charge >= 0.3 is 0 Å². The van der Waals surface area contributed by atoms with Crippen LogP contribution in [0.15, 0.2) is 21.6 Å². The van der Waals surface area contributed by atoms with E-state index in [9.17, 15) is 12.8 Å². The lowest BCUT2D eigenvalue weighted by Gasteiger charge is -2.13. The number of aryl methyl sites for hydroxylation is 2. The zero-order valence-electron chi connectivity index (χ0n) is 11.9. The molecule has 0 bridgehead atoms. The molecule has 0 unspecified atom stereocenters. The Morgan fingerprint density at radius 2 is 2.00 bits per heavy atom. The second-order valence-corrected chi connectivity index (χ2v) is 6.51. The summed E-state index contributed by atoms with van der Waals surface area (Å²) in [6.45, 7) is 4.68. The molecular weight excluding hydrogens is 297 g/mol. The second kappa shape index (κ2) is 5.45. The Kier molecular flexibility index (Phi) is 4.02. The summed E-state index contributed by atoms with van der Waals surface area (Å²) in [5.41, 5.74) is 6.53. The molecule has 1 aromatic carbocycles. The second-order valence-electron chi connectivity index (χ2n) is 4.80. The molecule has 2 aromatic rings. The highest BCUT2D eigenvalue weighted by atomic mass is 32.2. The van der Waals surface area contributed by atoms with Crippen LogP contribution in [0.4, 0.5) is 10.1 Å². The van der Waals surface area contributed by atoms with E-state index in [0.717, 1.165) is 6.07 Å². The number of sulfonamides is 1. The van der Waals surface area contributed by atoms with Crippen molar-refractivity contribution in [2.45, 2.75) is 32.2 Å². The smallest absolute Gasteiger partial charge is 0.241 e. The zero-order chi connectivity index (χ0) is 15.8. The third kappa shape index (κ3) is 3.06. The normalized spacial score (nSPS) is 11.8. The molecule has 1 aromatic heterocycles. The number of hydrogen-bond donors (Lipinski definition) is 2.